The van der Waals surface area contributed by atoms with Gasteiger partial charge in [0.15, 0.2) is 0 Å². The van der Waals surface area contributed by atoms with Crippen LogP contribution in [0.3, 0.4) is 0 Å². The summed E-state index contributed by atoms with van der Waals surface area (Å²) in [7, 11) is 0. The Balaban J connectivity index is 2.34. The molecule has 0 radical (unpaired) electrons. The maximum atomic E-state index is 11.3. The number of allylic oxidation sites excluding steroid dienone is 4. The minimum atomic E-state index is -0.191. The lowest BCUT2D eigenvalue weighted by Gasteiger charge is -2.57. The Kier molecular flexibility index (Phi) is 5.78. The van der Waals surface area contributed by atoms with Crippen LogP contribution in [0.15, 0.2) is 36.0 Å². The third kappa shape index (κ3) is 3.84. The fourth-order valence-electron chi connectivity index (χ4n) is 5.16. The van der Waals surface area contributed by atoms with E-state index in [0.29, 0.717) is 23.9 Å². The number of esters is 1. The lowest BCUT2D eigenvalue weighted by Crippen LogP contribution is -2.49. The Labute approximate surface area is 148 Å². The summed E-state index contributed by atoms with van der Waals surface area (Å²) in [4.78, 5) is 11.3. The van der Waals surface area contributed by atoms with Gasteiger partial charge in [0.1, 0.15) is 6.61 Å². The van der Waals surface area contributed by atoms with Crippen LogP contribution in [0.1, 0.15) is 66.7 Å². The van der Waals surface area contributed by atoms with Gasteiger partial charge in [-0.05, 0) is 60.8 Å². The fourth-order valence-corrected chi connectivity index (χ4v) is 5.16. The van der Waals surface area contributed by atoms with Crippen molar-refractivity contribution in [1.29, 1.82) is 0 Å². The highest BCUT2D eigenvalue weighted by Crippen LogP contribution is 2.60. The Bertz CT molecular complexity index is 552. The van der Waals surface area contributed by atoms with Crippen LogP contribution in [0.5, 0.6) is 0 Å². The Morgan fingerprint density at radius 2 is 2.04 bits per heavy atom. The van der Waals surface area contributed by atoms with Gasteiger partial charge in [0.2, 0.25) is 0 Å². The van der Waals surface area contributed by atoms with E-state index < -0.39 is 0 Å². The van der Waals surface area contributed by atoms with E-state index in [2.05, 4.69) is 46.4 Å². The molecule has 2 nitrogen and oxygen atoms in total. The number of fused-ring (bicyclic) bond motifs is 1. The van der Waals surface area contributed by atoms with Gasteiger partial charge < -0.3 is 4.74 Å². The highest BCUT2D eigenvalue weighted by atomic mass is 16.5. The summed E-state index contributed by atoms with van der Waals surface area (Å²) in [6.45, 7) is 15.3. The van der Waals surface area contributed by atoms with Gasteiger partial charge in [-0.1, -0.05) is 57.6 Å². The average molecular weight is 331 g/mol. The van der Waals surface area contributed by atoms with Gasteiger partial charge in [0.25, 0.3) is 0 Å². The van der Waals surface area contributed by atoms with E-state index in [9.17, 15) is 4.79 Å². The molecular weight excluding hydrogens is 296 g/mol. The summed E-state index contributed by atoms with van der Waals surface area (Å²) < 4.78 is 5.37. The van der Waals surface area contributed by atoms with Gasteiger partial charge in [-0.2, -0.15) is 0 Å². The van der Waals surface area contributed by atoms with Crippen LogP contribution < -0.4 is 0 Å². The van der Waals surface area contributed by atoms with E-state index >= 15 is 0 Å². The van der Waals surface area contributed by atoms with Crippen LogP contribution in [-0.4, -0.2) is 12.6 Å². The van der Waals surface area contributed by atoms with Crippen LogP contribution >= 0.6 is 0 Å². The van der Waals surface area contributed by atoms with E-state index in [4.69, 9.17) is 4.74 Å². The van der Waals surface area contributed by atoms with E-state index in [1.807, 2.05) is 6.08 Å². The summed E-state index contributed by atoms with van der Waals surface area (Å²) in [5, 5.41) is 0. The van der Waals surface area contributed by atoms with Crippen molar-refractivity contribution < 1.29 is 9.53 Å². The first kappa shape index (κ1) is 19.0. The molecule has 0 bridgehead atoms. The molecule has 1 saturated carbocycles. The van der Waals surface area contributed by atoms with Crippen LogP contribution in [0.4, 0.5) is 0 Å². The average Bonchev–Trinajstić information content (AvgIpc) is 2.50. The van der Waals surface area contributed by atoms with Crippen LogP contribution in [0.25, 0.3) is 0 Å². The van der Waals surface area contributed by atoms with E-state index in [1.54, 1.807) is 0 Å². The lowest BCUT2D eigenvalue weighted by atomic mass is 9.48. The second-order valence-electron chi connectivity index (χ2n) is 8.64. The minimum absolute atomic E-state index is 0.191. The van der Waals surface area contributed by atoms with E-state index in [0.717, 1.165) is 12.8 Å². The summed E-state index contributed by atoms with van der Waals surface area (Å²) in [6, 6.07) is 0. The largest absolute Gasteiger partial charge is 0.461 e. The molecule has 134 valence electrons. The number of rotatable bonds is 5. The minimum Gasteiger partial charge on any atom is -0.461 e. The number of hydrogen-bond acceptors (Lipinski definition) is 2. The number of carbonyl (C=O) groups is 1. The molecule has 0 amide bonds. The van der Waals surface area contributed by atoms with Crippen molar-refractivity contribution >= 4 is 5.97 Å². The number of carbonyl (C=O) groups excluding carboxylic acids is 1. The molecule has 3 atom stereocenters. The van der Waals surface area contributed by atoms with Crippen molar-refractivity contribution in [3.63, 3.8) is 0 Å². The van der Waals surface area contributed by atoms with E-state index in [1.165, 1.54) is 37.3 Å². The quantitative estimate of drug-likeness (QED) is 0.359. The van der Waals surface area contributed by atoms with Gasteiger partial charge in [0, 0.05) is 6.92 Å². The second-order valence-corrected chi connectivity index (χ2v) is 8.64. The maximum Gasteiger partial charge on any atom is 0.302 e. The number of ether oxygens (including phenoxy) is 1. The lowest BCUT2D eigenvalue weighted by molar-refractivity contribution is -0.140. The van der Waals surface area contributed by atoms with Crippen LogP contribution in [-0.2, 0) is 9.53 Å². The van der Waals surface area contributed by atoms with Crippen molar-refractivity contribution in [3.8, 4) is 0 Å². The monoisotopic (exact) mass is 330 g/mol. The molecule has 0 aromatic carbocycles. The van der Waals surface area contributed by atoms with Crippen LogP contribution in [0.2, 0.25) is 0 Å². The predicted octanol–water partition coefficient (Wildman–Crippen LogP) is 5.85. The zero-order valence-corrected chi connectivity index (χ0v) is 16.2. The topological polar surface area (TPSA) is 26.3 Å². The molecule has 0 aromatic heterocycles. The molecule has 0 spiro atoms. The zero-order chi connectivity index (χ0) is 18.0. The van der Waals surface area contributed by atoms with Crippen molar-refractivity contribution in [2.24, 2.45) is 22.7 Å². The molecule has 2 rings (SSSR count). The van der Waals surface area contributed by atoms with Crippen molar-refractivity contribution in [1.82, 2.24) is 0 Å². The van der Waals surface area contributed by atoms with Gasteiger partial charge in [-0.25, -0.2) is 0 Å². The Morgan fingerprint density at radius 3 is 2.67 bits per heavy atom. The number of hydrogen-bond donors (Lipinski definition) is 0. The summed E-state index contributed by atoms with van der Waals surface area (Å²) in [5.41, 5.74) is 3.20. The molecule has 1 fully saturated rings. The molecule has 0 heterocycles. The molecule has 0 saturated heterocycles. The molecule has 0 N–H and O–H groups in total. The standard InChI is InChI=1S/C22H34O2/c1-7-16(2)9-11-19-18(15-24-17(3)23)10-12-20-21(4,5)13-8-14-22(19,20)6/h7,9-10,19-20H,1,8,11-15H2,2-6H3. The molecular formula is C22H34O2. The van der Waals surface area contributed by atoms with Crippen molar-refractivity contribution in [3.05, 3.63) is 36.0 Å². The van der Waals surface area contributed by atoms with Gasteiger partial charge >= 0.3 is 5.97 Å². The molecule has 2 aliphatic carbocycles. The Hall–Kier alpha value is -1.31. The molecule has 2 aliphatic rings. The SMILES string of the molecule is C=CC(C)=CCC1C(COC(C)=O)=CCC2C(C)(C)CCCC12C. The summed E-state index contributed by atoms with van der Waals surface area (Å²) >= 11 is 0. The highest BCUT2D eigenvalue weighted by Gasteiger charge is 2.52. The highest BCUT2D eigenvalue weighted by molar-refractivity contribution is 5.66. The summed E-state index contributed by atoms with van der Waals surface area (Å²) in [6.07, 6.45) is 12.6. The first-order valence-electron chi connectivity index (χ1n) is 9.32. The molecule has 0 aromatic rings. The van der Waals surface area contributed by atoms with Gasteiger partial charge in [0.05, 0.1) is 0 Å². The zero-order valence-electron chi connectivity index (χ0n) is 16.2. The van der Waals surface area contributed by atoms with Gasteiger partial charge in [-0.3, -0.25) is 4.79 Å². The second kappa shape index (κ2) is 7.29. The predicted molar refractivity (Wildman–Crippen MR) is 101 cm³/mol. The summed E-state index contributed by atoms with van der Waals surface area (Å²) in [5.74, 6) is 0.955. The first-order valence-corrected chi connectivity index (χ1v) is 9.32. The van der Waals surface area contributed by atoms with Crippen molar-refractivity contribution in [2.45, 2.75) is 66.7 Å². The first-order chi connectivity index (χ1) is 11.2. The van der Waals surface area contributed by atoms with Gasteiger partial charge in [-0.15, -0.1) is 0 Å². The Morgan fingerprint density at radius 1 is 1.33 bits per heavy atom. The molecule has 0 aliphatic heterocycles. The van der Waals surface area contributed by atoms with E-state index in [-0.39, 0.29) is 11.4 Å². The third-order valence-electron chi connectivity index (χ3n) is 6.57. The molecule has 24 heavy (non-hydrogen) atoms. The van der Waals surface area contributed by atoms with Crippen molar-refractivity contribution in [2.75, 3.05) is 6.61 Å². The van der Waals surface area contributed by atoms with Crippen LogP contribution in [0, 0.1) is 22.7 Å². The fraction of sp³-hybridized carbons (Fsp3) is 0.682. The third-order valence-corrected chi connectivity index (χ3v) is 6.57. The molecule has 2 heteroatoms. The smallest absolute Gasteiger partial charge is 0.302 e. The normalized spacial score (nSPS) is 32.5. The maximum absolute atomic E-state index is 11.3. The molecule has 3 unspecified atom stereocenters.